The van der Waals surface area contributed by atoms with Gasteiger partial charge in [-0.05, 0) is 24.3 Å². The second-order valence-electron chi connectivity index (χ2n) is 4.78. The third kappa shape index (κ3) is 3.05. The van der Waals surface area contributed by atoms with E-state index in [-0.39, 0.29) is 13.0 Å². The van der Waals surface area contributed by atoms with Crippen LogP contribution >= 0.6 is 0 Å². The fraction of sp³-hybridized carbons (Fsp3) is 0.200. The SMILES string of the molecule is COc1ccc(-n2ncc3c(NCCC(=O)O)ncnc32)cc1. The third-order valence-corrected chi connectivity index (χ3v) is 3.31. The van der Waals surface area contributed by atoms with E-state index in [9.17, 15) is 4.79 Å². The van der Waals surface area contributed by atoms with Crippen LogP contribution in [0.5, 0.6) is 5.75 Å². The molecule has 8 nitrogen and oxygen atoms in total. The minimum Gasteiger partial charge on any atom is -0.497 e. The number of hydrogen-bond acceptors (Lipinski definition) is 6. The quantitative estimate of drug-likeness (QED) is 0.714. The summed E-state index contributed by atoms with van der Waals surface area (Å²) in [5, 5.41) is 16.8. The van der Waals surface area contributed by atoms with Crippen molar-refractivity contribution >= 4 is 22.8 Å². The van der Waals surface area contributed by atoms with E-state index in [1.807, 2.05) is 24.3 Å². The molecule has 0 spiro atoms. The van der Waals surface area contributed by atoms with Gasteiger partial charge in [0.1, 0.15) is 17.9 Å². The fourth-order valence-corrected chi connectivity index (χ4v) is 2.19. The molecular formula is C15H15N5O3. The lowest BCUT2D eigenvalue weighted by Gasteiger charge is -2.06. The van der Waals surface area contributed by atoms with Gasteiger partial charge in [0.05, 0.1) is 30.8 Å². The Morgan fingerprint density at radius 2 is 2.09 bits per heavy atom. The maximum atomic E-state index is 10.6. The lowest BCUT2D eigenvalue weighted by molar-refractivity contribution is -0.136. The van der Waals surface area contributed by atoms with Crippen LogP contribution in [0.2, 0.25) is 0 Å². The van der Waals surface area contributed by atoms with Gasteiger partial charge in [-0.3, -0.25) is 4.79 Å². The highest BCUT2D eigenvalue weighted by Crippen LogP contribution is 2.22. The number of aromatic nitrogens is 4. The average molecular weight is 313 g/mol. The fourth-order valence-electron chi connectivity index (χ4n) is 2.19. The van der Waals surface area contributed by atoms with Crippen LogP contribution in [0.3, 0.4) is 0 Å². The Morgan fingerprint density at radius 3 is 2.78 bits per heavy atom. The lowest BCUT2D eigenvalue weighted by atomic mass is 10.3. The molecule has 0 unspecified atom stereocenters. The first-order valence-corrected chi connectivity index (χ1v) is 6.98. The molecule has 2 N–H and O–H groups in total. The first-order chi connectivity index (χ1) is 11.2. The predicted octanol–water partition coefficient (Wildman–Crippen LogP) is 1.71. The molecule has 0 saturated heterocycles. The summed E-state index contributed by atoms with van der Waals surface area (Å²) in [7, 11) is 1.61. The van der Waals surface area contributed by atoms with E-state index in [4.69, 9.17) is 9.84 Å². The normalized spacial score (nSPS) is 10.7. The van der Waals surface area contributed by atoms with E-state index in [2.05, 4.69) is 20.4 Å². The molecule has 0 aliphatic heterocycles. The summed E-state index contributed by atoms with van der Waals surface area (Å²) in [5.74, 6) is 0.462. The molecule has 0 aliphatic rings. The first-order valence-electron chi connectivity index (χ1n) is 6.98. The number of anilines is 1. The topological polar surface area (TPSA) is 102 Å². The smallest absolute Gasteiger partial charge is 0.305 e. The average Bonchev–Trinajstić information content (AvgIpc) is 2.99. The zero-order valence-corrected chi connectivity index (χ0v) is 12.4. The number of carbonyl (C=O) groups is 1. The zero-order valence-electron chi connectivity index (χ0n) is 12.4. The van der Waals surface area contributed by atoms with Crippen molar-refractivity contribution in [2.24, 2.45) is 0 Å². The highest BCUT2D eigenvalue weighted by molar-refractivity contribution is 5.87. The monoisotopic (exact) mass is 313 g/mol. The van der Waals surface area contributed by atoms with Crippen LogP contribution in [0, 0.1) is 0 Å². The van der Waals surface area contributed by atoms with Gasteiger partial charge in [-0.25, -0.2) is 14.6 Å². The standard InChI is InChI=1S/C15H15N5O3/c1-23-11-4-2-10(3-5-11)20-15-12(8-19-20)14(17-9-18-15)16-7-6-13(21)22/h2-5,8-9H,6-7H2,1H3,(H,21,22)(H,16,17,18). The highest BCUT2D eigenvalue weighted by atomic mass is 16.5. The van der Waals surface area contributed by atoms with Crippen molar-refractivity contribution in [3.63, 3.8) is 0 Å². The zero-order chi connectivity index (χ0) is 16.2. The molecule has 8 heteroatoms. The van der Waals surface area contributed by atoms with Crippen molar-refractivity contribution in [1.29, 1.82) is 0 Å². The van der Waals surface area contributed by atoms with Crippen LogP contribution in [0.4, 0.5) is 5.82 Å². The lowest BCUT2D eigenvalue weighted by Crippen LogP contribution is -2.09. The summed E-state index contributed by atoms with van der Waals surface area (Å²) >= 11 is 0. The van der Waals surface area contributed by atoms with Gasteiger partial charge in [-0.15, -0.1) is 0 Å². The molecule has 0 saturated carbocycles. The Morgan fingerprint density at radius 1 is 1.30 bits per heavy atom. The number of methoxy groups -OCH3 is 1. The molecule has 2 aromatic heterocycles. The molecule has 0 bridgehead atoms. The van der Waals surface area contributed by atoms with Crippen molar-refractivity contribution in [3.05, 3.63) is 36.8 Å². The molecule has 0 fully saturated rings. The van der Waals surface area contributed by atoms with Gasteiger partial charge in [-0.1, -0.05) is 0 Å². The number of nitrogens with one attached hydrogen (secondary N) is 1. The molecule has 3 aromatic rings. The summed E-state index contributed by atoms with van der Waals surface area (Å²) in [6.07, 6.45) is 3.09. The van der Waals surface area contributed by atoms with E-state index in [1.165, 1.54) is 6.33 Å². The van der Waals surface area contributed by atoms with Crippen molar-refractivity contribution < 1.29 is 14.6 Å². The number of carboxylic acids is 1. The van der Waals surface area contributed by atoms with E-state index < -0.39 is 5.97 Å². The van der Waals surface area contributed by atoms with Crippen molar-refractivity contribution in [2.45, 2.75) is 6.42 Å². The molecule has 118 valence electrons. The van der Waals surface area contributed by atoms with Crippen LogP contribution in [-0.4, -0.2) is 44.5 Å². The van der Waals surface area contributed by atoms with Gasteiger partial charge in [0.15, 0.2) is 5.65 Å². The molecular weight excluding hydrogens is 298 g/mol. The Kier molecular flexibility index (Phi) is 4.05. The van der Waals surface area contributed by atoms with Crippen LogP contribution in [-0.2, 0) is 4.79 Å². The van der Waals surface area contributed by atoms with Crippen LogP contribution in [0.1, 0.15) is 6.42 Å². The van der Waals surface area contributed by atoms with E-state index in [0.29, 0.717) is 11.5 Å². The van der Waals surface area contributed by atoms with Gasteiger partial charge < -0.3 is 15.2 Å². The van der Waals surface area contributed by atoms with Gasteiger partial charge in [0, 0.05) is 6.54 Å². The third-order valence-electron chi connectivity index (χ3n) is 3.31. The second kappa shape index (κ2) is 6.30. The van der Waals surface area contributed by atoms with Gasteiger partial charge in [-0.2, -0.15) is 5.10 Å². The van der Waals surface area contributed by atoms with Crippen molar-refractivity contribution in [2.75, 3.05) is 19.0 Å². The van der Waals surface area contributed by atoms with Crippen LogP contribution in [0.15, 0.2) is 36.8 Å². The molecule has 2 heterocycles. The molecule has 0 aliphatic carbocycles. The van der Waals surface area contributed by atoms with Crippen molar-refractivity contribution in [3.8, 4) is 11.4 Å². The minimum absolute atomic E-state index is 0.0120. The van der Waals surface area contributed by atoms with E-state index in [1.54, 1.807) is 18.0 Å². The summed E-state index contributed by atoms with van der Waals surface area (Å²) < 4.78 is 6.84. The Labute approximate surface area is 131 Å². The summed E-state index contributed by atoms with van der Waals surface area (Å²) in [5.41, 5.74) is 1.49. The molecule has 0 atom stereocenters. The number of nitrogens with zero attached hydrogens (tertiary/aromatic N) is 4. The largest absolute Gasteiger partial charge is 0.497 e. The van der Waals surface area contributed by atoms with E-state index in [0.717, 1.165) is 16.8 Å². The summed E-state index contributed by atoms with van der Waals surface area (Å²) in [6, 6.07) is 7.45. The van der Waals surface area contributed by atoms with Gasteiger partial charge in [0.2, 0.25) is 0 Å². The number of ether oxygens (including phenoxy) is 1. The molecule has 0 amide bonds. The molecule has 0 radical (unpaired) electrons. The Bertz CT molecular complexity index is 829. The van der Waals surface area contributed by atoms with Crippen LogP contribution in [0.25, 0.3) is 16.7 Å². The molecule has 1 aromatic carbocycles. The minimum atomic E-state index is -0.864. The maximum Gasteiger partial charge on any atom is 0.305 e. The van der Waals surface area contributed by atoms with Crippen LogP contribution < -0.4 is 10.1 Å². The van der Waals surface area contributed by atoms with Gasteiger partial charge in [0.25, 0.3) is 0 Å². The number of benzene rings is 1. The number of aliphatic carboxylic acids is 1. The number of hydrogen-bond donors (Lipinski definition) is 2. The second-order valence-corrected chi connectivity index (χ2v) is 4.78. The number of carboxylic acid groups (broad SMARTS) is 1. The Hall–Kier alpha value is -3.16. The maximum absolute atomic E-state index is 10.6. The van der Waals surface area contributed by atoms with Gasteiger partial charge >= 0.3 is 5.97 Å². The molecule has 23 heavy (non-hydrogen) atoms. The van der Waals surface area contributed by atoms with E-state index >= 15 is 0 Å². The summed E-state index contributed by atoms with van der Waals surface area (Å²) in [4.78, 5) is 19.0. The molecule has 3 rings (SSSR count). The highest BCUT2D eigenvalue weighted by Gasteiger charge is 2.11. The predicted molar refractivity (Wildman–Crippen MR) is 84.0 cm³/mol. The number of rotatable bonds is 6. The summed E-state index contributed by atoms with van der Waals surface area (Å²) in [6.45, 7) is 0.287. The first kappa shape index (κ1) is 14.8. The Balaban J connectivity index is 1.92. The van der Waals surface area contributed by atoms with Crippen molar-refractivity contribution in [1.82, 2.24) is 19.7 Å². The number of fused-ring (bicyclic) bond motifs is 1.